The fraction of sp³-hybridized carbons (Fsp3) is 0.750. The lowest BCUT2D eigenvalue weighted by Crippen LogP contribution is -2.26. The van der Waals surface area contributed by atoms with Gasteiger partial charge in [0.1, 0.15) is 0 Å². The van der Waals surface area contributed by atoms with Crippen molar-refractivity contribution in [3.05, 3.63) is 12.2 Å². The minimum absolute atomic E-state index is 0.269. The van der Waals surface area contributed by atoms with Crippen molar-refractivity contribution in [1.82, 2.24) is 10.9 Å². The van der Waals surface area contributed by atoms with Crippen LogP contribution in [0.2, 0.25) is 0 Å². The predicted molar refractivity (Wildman–Crippen MR) is 41.2 cm³/mol. The van der Waals surface area contributed by atoms with Gasteiger partial charge in [0, 0.05) is 0 Å². The van der Waals surface area contributed by atoms with E-state index < -0.39 is 0 Å². The number of hydrazine groups is 1. The number of hydrogen-bond donors (Lipinski definition) is 2. The van der Waals surface area contributed by atoms with Crippen LogP contribution in [0.25, 0.3) is 0 Å². The van der Waals surface area contributed by atoms with Gasteiger partial charge in [0.05, 0.1) is 5.66 Å². The summed E-state index contributed by atoms with van der Waals surface area (Å²) in [6, 6.07) is 0. The molecule has 1 saturated heterocycles. The minimum atomic E-state index is 0.269. The van der Waals surface area contributed by atoms with Gasteiger partial charge in [0.15, 0.2) is 0 Å². The van der Waals surface area contributed by atoms with E-state index in [9.17, 15) is 0 Å². The molecule has 0 aromatic heterocycles. The van der Waals surface area contributed by atoms with Crippen LogP contribution < -0.4 is 10.9 Å². The number of allylic oxidation sites excluding steroid dienone is 2. The number of hydrogen-bond acceptors (Lipinski definition) is 2. The molecule has 56 valence electrons. The highest BCUT2D eigenvalue weighted by molar-refractivity contribution is 5.02. The molecule has 10 heavy (non-hydrogen) atoms. The highest BCUT2D eigenvalue weighted by Gasteiger charge is 2.43. The Balaban J connectivity index is 1.99. The number of nitrogens with one attached hydrogen (secondary N) is 2. The van der Waals surface area contributed by atoms with Crippen molar-refractivity contribution in [2.24, 2.45) is 5.92 Å². The standard InChI is InChI=1S/C8H14N2/c1-8(9-10-8)7-5-3-2-4-6-7/h2-3,7,9-10H,4-6H2,1H3. The van der Waals surface area contributed by atoms with Gasteiger partial charge < -0.3 is 0 Å². The Morgan fingerprint density at radius 3 is 2.70 bits per heavy atom. The van der Waals surface area contributed by atoms with E-state index in [0.29, 0.717) is 0 Å². The van der Waals surface area contributed by atoms with E-state index in [4.69, 9.17) is 0 Å². The molecule has 0 saturated carbocycles. The van der Waals surface area contributed by atoms with Crippen molar-refractivity contribution in [2.75, 3.05) is 0 Å². The van der Waals surface area contributed by atoms with Crippen molar-refractivity contribution in [3.8, 4) is 0 Å². The van der Waals surface area contributed by atoms with Gasteiger partial charge in [0.25, 0.3) is 0 Å². The summed E-state index contributed by atoms with van der Waals surface area (Å²) in [7, 11) is 0. The van der Waals surface area contributed by atoms with Gasteiger partial charge in [-0.1, -0.05) is 12.2 Å². The van der Waals surface area contributed by atoms with Gasteiger partial charge in [0.2, 0.25) is 0 Å². The smallest absolute Gasteiger partial charge is 0.0946 e. The fourth-order valence-corrected chi connectivity index (χ4v) is 1.62. The Bertz CT molecular complexity index is 159. The van der Waals surface area contributed by atoms with Crippen molar-refractivity contribution >= 4 is 0 Å². The summed E-state index contributed by atoms with van der Waals surface area (Å²) < 4.78 is 0. The molecule has 2 N–H and O–H groups in total. The Hall–Kier alpha value is -0.340. The van der Waals surface area contributed by atoms with Crippen LogP contribution in [0.3, 0.4) is 0 Å². The molecule has 2 heteroatoms. The van der Waals surface area contributed by atoms with Crippen LogP contribution in [-0.2, 0) is 0 Å². The first-order chi connectivity index (χ1) is 4.81. The van der Waals surface area contributed by atoms with Crippen LogP contribution >= 0.6 is 0 Å². The van der Waals surface area contributed by atoms with Crippen LogP contribution in [0.15, 0.2) is 12.2 Å². The zero-order valence-corrected chi connectivity index (χ0v) is 6.35. The second-order valence-corrected chi connectivity index (χ2v) is 3.43. The molecule has 2 rings (SSSR count). The second kappa shape index (κ2) is 2.07. The molecule has 0 amide bonds. The Morgan fingerprint density at radius 2 is 2.20 bits per heavy atom. The van der Waals surface area contributed by atoms with Crippen LogP contribution in [0.5, 0.6) is 0 Å². The quantitative estimate of drug-likeness (QED) is 0.422. The lowest BCUT2D eigenvalue weighted by molar-refractivity contribution is 0.369. The summed E-state index contributed by atoms with van der Waals surface area (Å²) in [6.07, 6.45) is 8.39. The first kappa shape index (κ1) is 6.38. The van der Waals surface area contributed by atoms with Crippen LogP contribution in [0.4, 0.5) is 0 Å². The maximum Gasteiger partial charge on any atom is 0.0946 e. The highest BCUT2D eigenvalue weighted by Crippen LogP contribution is 2.31. The molecule has 1 fully saturated rings. The lowest BCUT2D eigenvalue weighted by Gasteiger charge is -2.21. The molecule has 1 aliphatic heterocycles. The third-order valence-corrected chi connectivity index (χ3v) is 2.60. The molecule has 2 aliphatic rings. The maximum atomic E-state index is 3.20. The van der Waals surface area contributed by atoms with Crippen molar-refractivity contribution in [1.29, 1.82) is 0 Å². The Labute approximate surface area is 61.7 Å². The molecule has 0 aromatic carbocycles. The summed E-state index contributed by atoms with van der Waals surface area (Å²) >= 11 is 0. The molecule has 1 aliphatic carbocycles. The molecule has 0 bridgehead atoms. The van der Waals surface area contributed by atoms with Crippen LogP contribution in [0.1, 0.15) is 26.2 Å². The highest BCUT2D eigenvalue weighted by atomic mass is 15.7. The van der Waals surface area contributed by atoms with Crippen LogP contribution in [-0.4, -0.2) is 5.66 Å². The van der Waals surface area contributed by atoms with Crippen LogP contribution in [0, 0.1) is 5.92 Å². The van der Waals surface area contributed by atoms with E-state index in [1.54, 1.807) is 0 Å². The largest absolute Gasteiger partial charge is 0.235 e. The van der Waals surface area contributed by atoms with Gasteiger partial charge in [-0.25, -0.2) is 10.9 Å². The van der Waals surface area contributed by atoms with Crippen molar-refractivity contribution in [2.45, 2.75) is 31.8 Å². The first-order valence-corrected chi connectivity index (χ1v) is 4.01. The summed E-state index contributed by atoms with van der Waals surface area (Å²) in [6.45, 7) is 2.23. The molecule has 0 spiro atoms. The topological polar surface area (TPSA) is 43.9 Å². The minimum Gasteiger partial charge on any atom is -0.235 e. The normalized spacial score (nSPS) is 35.9. The zero-order valence-electron chi connectivity index (χ0n) is 6.35. The molecule has 1 unspecified atom stereocenters. The molecule has 0 aromatic rings. The number of rotatable bonds is 1. The molecule has 2 nitrogen and oxygen atoms in total. The van der Waals surface area contributed by atoms with Gasteiger partial charge in [-0.05, 0) is 32.1 Å². The monoisotopic (exact) mass is 138 g/mol. The average molecular weight is 138 g/mol. The van der Waals surface area contributed by atoms with E-state index in [1.165, 1.54) is 19.3 Å². The molecular weight excluding hydrogens is 124 g/mol. The third kappa shape index (κ3) is 0.976. The SMILES string of the molecule is CC1(C2CC=CCC2)NN1. The zero-order chi connectivity index (χ0) is 7.03. The predicted octanol–water partition coefficient (Wildman–Crippen LogP) is 1.17. The molecule has 1 atom stereocenters. The summed E-state index contributed by atoms with van der Waals surface area (Å²) in [5, 5.41) is 0. The summed E-state index contributed by atoms with van der Waals surface area (Å²) in [5.41, 5.74) is 6.66. The Kier molecular flexibility index (Phi) is 1.32. The molecular formula is C8H14N2. The molecule has 1 heterocycles. The first-order valence-electron chi connectivity index (χ1n) is 4.01. The fourth-order valence-electron chi connectivity index (χ4n) is 1.62. The van der Waals surface area contributed by atoms with Gasteiger partial charge in [-0.2, -0.15) is 0 Å². The van der Waals surface area contributed by atoms with E-state index in [1.807, 2.05) is 0 Å². The maximum absolute atomic E-state index is 3.20. The summed E-state index contributed by atoms with van der Waals surface area (Å²) in [4.78, 5) is 0. The second-order valence-electron chi connectivity index (χ2n) is 3.43. The van der Waals surface area contributed by atoms with Crippen molar-refractivity contribution < 1.29 is 0 Å². The van der Waals surface area contributed by atoms with Gasteiger partial charge in [-0.3, -0.25) is 0 Å². The van der Waals surface area contributed by atoms with E-state index in [0.717, 1.165) is 5.92 Å². The van der Waals surface area contributed by atoms with Gasteiger partial charge >= 0.3 is 0 Å². The van der Waals surface area contributed by atoms with E-state index in [-0.39, 0.29) is 5.66 Å². The van der Waals surface area contributed by atoms with Crippen molar-refractivity contribution in [3.63, 3.8) is 0 Å². The lowest BCUT2D eigenvalue weighted by atomic mass is 9.87. The average Bonchev–Trinajstić information content (AvgIpc) is 2.72. The van der Waals surface area contributed by atoms with E-state index in [2.05, 4.69) is 29.9 Å². The summed E-state index contributed by atoms with van der Waals surface area (Å²) in [5.74, 6) is 0.803. The van der Waals surface area contributed by atoms with Gasteiger partial charge in [-0.15, -0.1) is 0 Å². The molecule has 0 radical (unpaired) electrons. The third-order valence-electron chi connectivity index (χ3n) is 2.60. The Morgan fingerprint density at radius 1 is 1.40 bits per heavy atom. The van der Waals surface area contributed by atoms with E-state index >= 15 is 0 Å².